The lowest BCUT2D eigenvalue weighted by atomic mass is 9.75. The van der Waals surface area contributed by atoms with Crippen molar-refractivity contribution in [3.8, 4) is 0 Å². The van der Waals surface area contributed by atoms with E-state index in [9.17, 15) is 34.2 Å². The molecule has 10 unspecified atom stereocenters. The van der Waals surface area contributed by atoms with Crippen molar-refractivity contribution in [1.82, 2.24) is 20.1 Å². The molecule has 0 radical (unpaired) electrons. The number of Topliss-reactive ketones (excluding diaryl/α,β-unsaturated/α-hetero) is 1. The van der Waals surface area contributed by atoms with E-state index in [1.54, 1.807) is 27.7 Å². The van der Waals surface area contributed by atoms with Gasteiger partial charge in [-0.2, -0.15) is 0 Å². The van der Waals surface area contributed by atoms with E-state index < -0.39 is 91.4 Å². The number of hydrogen-bond acceptors (Lipinski definition) is 26. The summed E-state index contributed by atoms with van der Waals surface area (Å²) in [6.45, 7) is 33.5. The van der Waals surface area contributed by atoms with Gasteiger partial charge in [-0.15, -0.1) is 0 Å². The highest BCUT2D eigenvalue weighted by Crippen LogP contribution is 2.39. The number of rotatable bonds is 58. The fraction of sp³-hybridized carbons (Fsp3) is 0.847. The van der Waals surface area contributed by atoms with Crippen molar-refractivity contribution >= 4 is 78.0 Å². The topological polar surface area (TPSA) is 328 Å². The lowest BCUT2D eigenvalue weighted by Gasteiger charge is -2.44. The highest BCUT2D eigenvalue weighted by Gasteiger charge is 2.55. The standard InChI is InChI=1S/C72H140N6O20Si5/c1-17-91-69(82)44-67(71(84)93-19-3)77(10)62-33-29-60(30-34-62)43-61-31-35-63(36-32-61)78(68(72(85)94-20-4)45-70(83)92-18-2)47-65(81)54-88-39-25-41-100(11,12)96-102(15,16)98-103(66-27-22-21-23-28-66,95-99(40-24-37-86-52-59(9)79)76-58(8)51-90-49-56(6)74)97-101(13,14)42-26-38-87-53-64(80)46-75-57(7)50-89-48-55(5)73/h21-23,27-28,55-58,60-65,67-68,75-76,80-81,99H,17-20,24-26,29-54,73-74H2,1-16H3. The number of nitrogens with zero attached hydrogens (tertiary/aromatic N) is 2. The zero-order valence-corrected chi connectivity index (χ0v) is 71.2. The van der Waals surface area contributed by atoms with E-state index >= 15 is 0 Å². The van der Waals surface area contributed by atoms with Crippen LogP contribution in [-0.2, 0) is 83.1 Å². The number of esters is 4. The molecule has 598 valence electrons. The number of nitrogens with two attached hydrogens (primary N) is 2. The van der Waals surface area contributed by atoms with Gasteiger partial charge in [0.15, 0.2) is 22.4 Å². The highest BCUT2D eigenvalue weighted by molar-refractivity contribution is 6.94. The number of benzene rings is 1. The maximum Gasteiger partial charge on any atom is 0.508 e. The molecule has 2 fully saturated rings. The molecule has 2 aliphatic carbocycles. The number of nitrogens with one attached hydrogen (secondary N) is 2. The van der Waals surface area contributed by atoms with Crippen LogP contribution in [0.4, 0.5) is 0 Å². The molecule has 31 heteroatoms. The molecule has 0 amide bonds. The first-order valence-corrected chi connectivity index (χ1v) is 51.1. The van der Waals surface area contributed by atoms with Crippen LogP contribution >= 0.6 is 0 Å². The number of carbonyl (C=O) groups excluding carboxylic acids is 5. The number of ether oxygens (including phenoxy) is 9. The summed E-state index contributed by atoms with van der Waals surface area (Å²) in [5.74, 6) is -0.930. The minimum absolute atomic E-state index is 0.00345. The summed E-state index contributed by atoms with van der Waals surface area (Å²) in [4.78, 5) is 72.4. The number of carbonyl (C=O) groups is 5. The van der Waals surface area contributed by atoms with Crippen molar-refractivity contribution in [3.63, 3.8) is 0 Å². The predicted molar refractivity (Wildman–Crippen MR) is 412 cm³/mol. The zero-order valence-electron chi connectivity index (χ0n) is 66.0. The molecule has 0 spiro atoms. The van der Waals surface area contributed by atoms with E-state index in [0.29, 0.717) is 102 Å². The summed E-state index contributed by atoms with van der Waals surface area (Å²) in [6.07, 6.45) is 8.27. The molecule has 0 heterocycles. The second kappa shape index (κ2) is 50.8. The van der Waals surface area contributed by atoms with Gasteiger partial charge in [0, 0.05) is 74.3 Å². The van der Waals surface area contributed by atoms with Crippen molar-refractivity contribution in [1.29, 1.82) is 0 Å². The third-order valence-electron chi connectivity index (χ3n) is 18.3. The van der Waals surface area contributed by atoms with E-state index in [1.165, 1.54) is 6.92 Å². The van der Waals surface area contributed by atoms with Crippen LogP contribution in [0.25, 0.3) is 0 Å². The Balaban J connectivity index is 1.81. The van der Waals surface area contributed by atoms with Crippen LogP contribution < -0.4 is 27.0 Å². The van der Waals surface area contributed by atoms with Crippen LogP contribution in [0.2, 0.25) is 57.4 Å². The Morgan fingerprint density at radius 3 is 1.59 bits per heavy atom. The third-order valence-corrected chi connectivity index (χ3v) is 37.2. The highest BCUT2D eigenvalue weighted by atomic mass is 28.5. The minimum Gasteiger partial charge on any atom is -0.466 e. The molecule has 0 aliphatic heterocycles. The first kappa shape index (κ1) is 94.4. The predicted octanol–water partition coefficient (Wildman–Crippen LogP) is 6.96. The maximum atomic E-state index is 13.9. The largest absolute Gasteiger partial charge is 0.508 e. The van der Waals surface area contributed by atoms with Crippen LogP contribution in [0, 0.1) is 11.8 Å². The molecule has 1 aromatic rings. The Labute approximate surface area is 624 Å². The van der Waals surface area contributed by atoms with Gasteiger partial charge in [-0.1, -0.05) is 30.3 Å². The molecule has 3 rings (SSSR count). The quantitative estimate of drug-likeness (QED) is 0.0166. The summed E-state index contributed by atoms with van der Waals surface area (Å²) in [5, 5.41) is 26.8. The van der Waals surface area contributed by atoms with Gasteiger partial charge in [0.2, 0.25) is 9.20 Å². The van der Waals surface area contributed by atoms with Crippen LogP contribution in [-0.4, -0.2) is 266 Å². The summed E-state index contributed by atoms with van der Waals surface area (Å²) < 4.78 is 81.6. The normalized spacial score (nSPS) is 20.3. The van der Waals surface area contributed by atoms with Crippen molar-refractivity contribution in [2.24, 2.45) is 23.3 Å². The monoisotopic (exact) mass is 1550 g/mol. The van der Waals surface area contributed by atoms with Gasteiger partial charge in [0.25, 0.3) is 0 Å². The smallest absolute Gasteiger partial charge is 0.466 e. The first-order chi connectivity index (χ1) is 48.7. The lowest BCUT2D eigenvalue weighted by molar-refractivity contribution is -0.158. The second-order valence-corrected chi connectivity index (χ2v) is 48.0. The minimum atomic E-state index is -3.96. The van der Waals surface area contributed by atoms with E-state index in [4.69, 9.17) is 70.6 Å². The molecule has 8 N–H and O–H groups in total. The van der Waals surface area contributed by atoms with Gasteiger partial charge in [0.1, 0.15) is 18.7 Å². The molecule has 10 atom stereocenters. The van der Waals surface area contributed by atoms with Gasteiger partial charge in [-0.3, -0.25) is 33.8 Å². The van der Waals surface area contributed by atoms with Crippen LogP contribution in [0.1, 0.15) is 152 Å². The first-order valence-electron chi connectivity index (χ1n) is 38.5. The summed E-state index contributed by atoms with van der Waals surface area (Å²) in [7, 11) is -13.1. The Kier molecular flexibility index (Phi) is 46.5. The molecule has 0 bridgehead atoms. The SMILES string of the molecule is CCOC(=O)CC(C(=O)OCC)N(C)C1CCC(CC2CCC(N(CC(O)COCCC[Si](C)(C)O[Si](C)(C)O[Si](O[SiH](CCCOCC(C)=O)NC(C)COCC(C)N)(O[Si](C)(C)CCCOCC(O)CNC(C)COCC(C)N)c3ccccc3)C(CC(=O)OCC)C(=O)OCC)CC2)CC1. The van der Waals surface area contributed by atoms with Crippen LogP contribution in [0.5, 0.6) is 0 Å². The average Bonchev–Trinajstić information content (AvgIpc) is 0.772. The molecular formula is C72H140N6O20Si5. The van der Waals surface area contributed by atoms with Gasteiger partial charge < -0.3 is 91.1 Å². The van der Waals surface area contributed by atoms with Crippen molar-refractivity contribution in [3.05, 3.63) is 30.3 Å². The van der Waals surface area contributed by atoms with Gasteiger partial charge in [0.05, 0.1) is 91.1 Å². The fourth-order valence-corrected chi connectivity index (χ4v) is 35.4. The number of hydrogen-bond donors (Lipinski definition) is 6. The van der Waals surface area contributed by atoms with E-state index in [1.807, 2.05) is 68.0 Å². The Morgan fingerprint density at radius 2 is 1.07 bits per heavy atom. The molecular weight excluding hydrogens is 1410 g/mol. The average molecular weight is 1550 g/mol. The number of aliphatic hydroxyl groups excluding tert-OH is 2. The molecule has 103 heavy (non-hydrogen) atoms. The van der Waals surface area contributed by atoms with E-state index in [2.05, 4.69) is 56.5 Å². The molecule has 2 aliphatic rings. The van der Waals surface area contributed by atoms with Crippen molar-refractivity contribution in [2.45, 2.75) is 270 Å². The number of ketones is 1. The molecule has 26 nitrogen and oxygen atoms in total. The second-order valence-electron chi connectivity index (χ2n) is 30.2. The lowest BCUT2D eigenvalue weighted by Crippen LogP contribution is -2.69. The summed E-state index contributed by atoms with van der Waals surface area (Å²) in [5.41, 5.74) is 11.9. The van der Waals surface area contributed by atoms with Crippen LogP contribution in [0.15, 0.2) is 30.3 Å². The Hall–Kier alpha value is -2.83. The molecule has 2 saturated carbocycles. The van der Waals surface area contributed by atoms with E-state index in [-0.39, 0.29) is 108 Å². The van der Waals surface area contributed by atoms with E-state index in [0.717, 1.165) is 63.0 Å². The van der Waals surface area contributed by atoms with Crippen molar-refractivity contribution in [2.75, 3.05) is 113 Å². The van der Waals surface area contributed by atoms with Crippen molar-refractivity contribution < 1.29 is 93.3 Å². The molecule has 0 aromatic heterocycles. The molecule has 0 saturated heterocycles. The molecule has 1 aromatic carbocycles. The fourth-order valence-electron chi connectivity index (χ4n) is 13.7. The summed E-state index contributed by atoms with van der Waals surface area (Å²) in [6, 6.07) is 10.1. The number of aliphatic hydroxyl groups is 2. The third kappa shape index (κ3) is 39.9. The van der Waals surface area contributed by atoms with Crippen LogP contribution in [0.3, 0.4) is 0 Å². The summed E-state index contributed by atoms with van der Waals surface area (Å²) >= 11 is 0. The van der Waals surface area contributed by atoms with Gasteiger partial charge in [-0.05, 0) is 216 Å². The maximum absolute atomic E-state index is 13.9. The van der Waals surface area contributed by atoms with Gasteiger partial charge >= 0.3 is 41.2 Å². The number of likely N-dealkylation sites (N-methyl/N-ethyl adjacent to an activating group) is 1. The Morgan fingerprint density at radius 1 is 0.583 bits per heavy atom. The van der Waals surface area contributed by atoms with Gasteiger partial charge in [-0.25, -0.2) is 0 Å². The zero-order chi connectivity index (χ0) is 76.6. The Bertz CT molecular complexity index is 2490.